The number of hydrogen-bond acceptors (Lipinski definition) is 6. The lowest BCUT2D eigenvalue weighted by atomic mass is 10.1. The molecule has 10 heteroatoms. The van der Waals surface area contributed by atoms with Crippen molar-refractivity contribution in [1.82, 2.24) is 0 Å². The second kappa shape index (κ2) is 7.21. The third-order valence-electron chi connectivity index (χ3n) is 4.26. The second-order valence-electron chi connectivity index (χ2n) is 6.26. The first-order chi connectivity index (χ1) is 12.2. The van der Waals surface area contributed by atoms with Gasteiger partial charge in [-0.1, -0.05) is 29.4 Å². The van der Waals surface area contributed by atoms with Crippen molar-refractivity contribution < 1.29 is 23.1 Å². The number of amidine groups is 1. The number of aliphatic carboxylic acids is 1. The van der Waals surface area contributed by atoms with E-state index < -0.39 is 28.1 Å². The van der Waals surface area contributed by atoms with Gasteiger partial charge in [0.05, 0.1) is 17.5 Å². The fourth-order valence-electron chi connectivity index (χ4n) is 3.06. The summed E-state index contributed by atoms with van der Waals surface area (Å²) in [6, 6.07) is 4.92. The molecular weight excluding hydrogens is 400 g/mol. The third kappa shape index (κ3) is 4.05. The molecule has 26 heavy (non-hydrogen) atoms. The van der Waals surface area contributed by atoms with E-state index in [4.69, 9.17) is 11.6 Å². The number of aliphatic imine (C=N–C) groups is 1. The van der Waals surface area contributed by atoms with Gasteiger partial charge in [-0.05, 0) is 31.0 Å². The highest BCUT2D eigenvalue weighted by Gasteiger charge is 2.49. The normalized spacial score (nSPS) is 25.5. The predicted molar refractivity (Wildman–Crippen MR) is 99.2 cm³/mol. The van der Waals surface area contributed by atoms with E-state index in [0.29, 0.717) is 15.9 Å². The standard InChI is InChI=1S/C16H17ClN2O5S2/c1-9-2-3-10(17)6-11(9)19-12-7-26(23,24)8-13(12)25-16(19)18-14(20)4-5-15(21)22/h2-3,6,12-13H,4-5,7-8H2,1H3,(H,21,22)/p-1/t12-,13+/m0/s1. The first kappa shape index (κ1) is 19.2. The average Bonchev–Trinajstić information content (AvgIpc) is 2.99. The molecule has 0 radical (unpaired) electrons. The van der Waals surface area contributed by atoms with E-state index in [2.05, 4.69) is 4.99 Å². The van der Waals surface area contributed by atoms with Gasteiger partial charge < -0.3 is 14.8 Å². The number of fused-ring (bicyclic) bond motifs is 1. The zero-order chi connectivity index (χ0) is 19.1. The number of nitrogens with zero attached hydrogens (tertiary/aromatic N) is 2. The molecule has 2 saturated heterocycles. The number of carbonyl (C=O) groups is 2. The molecule has 1 aromatic carbocycles. The van der Waals surface area contributed by atoms with Gasteiger partial charge in [-0.25, -0.2) is 8.42 Å². The van der Waals surface area contributed by atoms with Crippen molar-refractivity contribution in [2.45, 2.75) is 31.1 Å². The number of halogens is 1. The van der Waals surface area contributed by atoms with Crippen LogP contribution in [0.15, 0.2) is 23.2 Å². The number of anilines is 1. The molecule has 2 heterocycles. The lowest BCUT2D eigenvalue weighted by molar-refractivity contribution is -0.305. The highest BCUT2D eigenvalue weighted by Crippen LogP contribution is 2.42. The Labute approximate surface area is 160 Å². The zero-order valence-corrected chi connectivity index (χ0v) is 16.2. The van der Waals surface area contributed by atoms with Crippen molar-refractivity contribution in [3.8, 4) is 0 Å². The highest BCUT2D eigenvalue weighted by molar-refractivity contribution is 8.16. The van der Waals surface area contributed by atoms with Crippen LogP contribution in [0.1, 0.15) is 18.4 Å². The number of carboxylic acid groups (broad SMARTS) is 1. The SMILES string of the molecule is Cc1ccc(Cl)cc1N1C(=NC(=O)CCC(=O)[O-])S[C@@H]2CS(=O)(=O)C[C@@H]21. The van der Waals surface area contributed by atoms with Crippen molar-refractivity contribution >= 4 is 55.9 Å². The largest absolute Gasteiger partial charge is 0.550 e. The number of carbonyl (C=O) groups excluding carboxylic acids is 2. The molecule has 140 valence electrons. The molecule has 2 aliphatic rings. The Morgan fingerprint density at radius 1 is 1.35 bits per heavy atom. The molecule has 0 aromatic heterocycles. The topological polar surface area (TPSA) is 107 Å². The molecule has 2 atom stereocenters. The summed E-state index contributed by atoms with van der Waals surface area (Å²) in [5, 5.41) is 11.2. The summed E-state index contributed by atoms with van der Waals surface area (Å²) in [4.78, 5) is 28.3. The number of rotatable bonds is 4. The van der Waals surface area contributed by atoms with E-state index in [-0.39, 0.29) is 29.2 Å². The summed E-state index contributed by atoms with van der Waals surface area (Å²) in [5.41, 5.74) is 1.57. The molecule has 2 aliphatic heterocycles. The predicted octanol–water partition coefficient (Wildman–Crippen LogP) is 0.780. The van der Waals surface area contributed by atoms with Gasteiger partial charge in [0, 0.05) is 28.4 Å². The summed E-state index contributed by atoms with van der Waals surface area (Å²) in [6.07, 6.45) is -0.667. The zero-order valence-electron chi connectivity index (χ0n) is 13.8. The minimum atomic E-state index is -3.16. The Bertz CT molecular complexity index is 900. The van der Waals surface area contributed by atoms with Crippen LogP contribution in [0.25, 0.3) is 0 Å². The summed E-state index contributed by atoms with van der Waals surface area (Å²) in [6.45, 7) is 1.86. The van der Waals surface area contributed by atoms with Gasteiger partial charge in [0.15, 0.2) is 15.0 Å². The van der Waals surface area contributed by atoms with Gasteiger partial charge >= 0.3 is 0 Å². The Kier molecular flexibility index (Phi) is 5.32. The molecule has 0 saturated carbocycles. The quantitative estimate of drug-likeness (QED) is 0.715. The molecule has 2 fully saturated rings. The minimum Gasteiger partial charge on any atom is -0.550 e. The van der Waals surface area contributed by atoms with Gasteiger partial charge in [-0.3, -0.25) is 4.79 Å². The van der Waals surface area contributed by atoms with Gasteiger partial charge in [0.25, 0.3) is 0 Å². The van der Waals surface area contributed by atoms with Crippen LogP contribution in [0.4, 0.5) is 5.69 Å². The van der Waals surface area contributed by atoms with Crippen LogP contribution in [-0.4, -0.2) is 48.3 Å². The Hall–Kier alpha value is -1.58. The molecule has 0 aliphatic carbocycles. The molecule has 0 N–H and O–H groups in total. The molecule has 7 nitrogen and oxygen atoms in total. The van der Waals surface area contributed by atoms with Gasteiger partial charge in [-0.2, -0.15) is 4.99 Å². The van der Waals surface area contributed by atoms with Crippen molar-refractivity contribution in [3.63, 3.8) is 0 Å². The van der Waals surface area contributed by atoms with E-state index in [1.54, 1.807) is 17.0 Å². The van der Waals surface area contributed by atoms with Crippen LogP contribution < -0.4 is 10.0 Å². The van der Waals surface area contributed by atoms with E-state index >= 15 is 0 Å². The maximum absolute atomic E-state index is 12.0. The van der Waals surface area contributed by atoms with E-state index in [9.17, 15) is 23.1 Å². The van der Waals surface area contributed by atoms with Crippen LogP contribution in [0.3, 0.4) is 0 Å². The van der Waals surface area contributed by atoms with E-state index in [0.717, 1.165) is 5.56 Å². The smallest absolute Gasteiger partial charge is 0.248 e. The molecule has 0 spiro atoms. The summed E-state index contributed by atoms with van der Waals surface area (Å²) in [7, 11) is -3.16. The lowest BCUT2D eigenvalue weighted by Gasteiger charge is -2.26. The van der Waals surface area contributed by atoms with Crippen molar-refractivity contribution in [1.29, 1.82) is 0 Å². The third-order valence-corrected chi connectivity index (χ3v) is 7.71. The number of hydrogen-bond donors (Lipinski definition) is 0. The number of benzene rings is 1. The van der Waals surface area contributed by atoms with Crippen molar-refractivity contribution in [2.24, 2.45) is 4.99 Å². The average molecular weight is 416 g/mol. The lowest BCUT2D eigenvalue weighted by Crippen LogP contribution is -2.38. The summed E-state index contributed by atoms with van der Waals surface area (Å²) in [5.74, 6) is -1.90. The summed E-state index contributed by atoms with van der Waals surface area (Å²) >= 11 is 7.33. The molecular formula is C16H16ClN2O5S2-. The number of aryl methyl sites for hydroxylation is 1. The van der Waals surface area contributed by atoms with E-state index in [1.165, 1.54) is 11.8 Å². The van der Waals surface area contributed by atoms with Gasteiger partial charge in [0.1, 0.15) is 0 Å². The molecule has 3 rings (SSSR count). The Balaban J connectivity index is 1.97. The summed E-state index contributed by atoms with van der Waals surface area (Å²) < 4.78 is 24.1. The maximum atomic E-state index is 12.0. The number of carboxylic acids is 1. The molecule has 1 aromatic rings. The maximum Gasteiger partial charge on any atom is 0.248 e. The van der Waals surface area contributed by atoms with Crippen molar-refractivity contribution in [2.75, 3.05) is 16.4 Å². The van der Waals surface area contributed by atoms with E-state index in [1.807, 2.05) is 13.0 Å². The van der Waals surface area contributed by atoms with Crippen LogP contribution in [0, 0.1) is 6.92 Å². The fraction of sp³-hybridized carbons (Fsp3) is 0.438. The molecule has 1 amide bonds. The Morgan fingerprint density at radius 3 is 2.77 bits per heavy atom. The number of amides is 1. The minimum absolute atomic E-state index is 0.0186. The fourth-order valence-corrected chi connectivity index (χ4v) is 7.15. The molecule has 0 bridgehead atoms. The Morgan fingerprint density at radius 2 is 2.08 bits per heavy atom. The van der Waals surface area contributed by atoms with Gasteiger partial charge in [0.2, 0.25) is 5.91 Å². The first-order valence-electron chi connectivity index (χ1n) is 7.90. The monoisotopic (exact) mass is 415 g/mol. The molecule has 0 unspecified atom stereocenters. The van der Waals surface area contributed by atoms with Crippen LogP contribution >= 0.6 is 23.4 Å². The van der Waals surface area contributed by atoms with Gasteiger partial charge in [-0.15, -0.1) is 0 Å². The van der Waals surface area contributed by atoms with Crippen molar-refractivity contribution in [3.05, 3.63) is 28.8 Å². The second-order valence-corrected chi connectivity index (χ2v) is 10.1. The number of sulfone groups is 1. The van der Waals surface area contributed by atoms with Crippen LogP contribution in [-0.2, 0) is 19.4 Å². The number of thioether (sulfide) groups is 1. The highest BCUT2D eigenvalue weighted by atomic mass is 35.5. The van der Waals surface area contributed by atoms with Crippen LogP contribution in [0.2, 0.25) is 5.02 Å². The van der Waals surface area contributed by atoms with Crippen LogP contribution in [0.5, 0.6) is 0 Å². The first-order valence-corrected chi connectivity index (χ1v) is 11.0.